The lowest BCUT2D eigenvalue weighted by atomic mass is 9.79. The van der Waals surface area contributed by atoms with Crippen molar-refractivity contribution in [1.82, 2.24) is 5.32 Å². The number of primary sulfonamides is 1. The second-order valence-corrected chi connectivity index (χ2v) is 8.11. The molecule has 1 aromatic carbocycles. The predicted octanol–water partition coefficient (Wildman–Crippen LogP) is 2.56. The predicted molar refractivity (Wildman–Crippen MR) is 90.0 cm³/mol. The van der Waals surface area contributed by atoms with Crippen LogP contribution in [0.5, 0.6) is 0 Å². The summed E-state index contributed by atoms with van der Waals surface area (Å²) >= 11 is 0. The van der Waals surface area contributed by atoms with E-state index in [1.54, 1.807) is 12.1 Å². The molecule has 1 aromatic rings. The Hall–Kier alpha value is -1.40. The van der Waals surface area contributed by atoms with E-state index >= 15 is 0 Å². The Morgan fingerprint density at radius 1 is 1.30 bits per heavy atom. The third-order valence-corrected chi connectivity index (χ3v) is 5.59. The topological polar surface area (TPSA) is 89.3 Å². The molecular weight excluding hydrogens is 312 g/mol. The Kier molecular flexibility index (Phi) is 6.18. The maximum Gasteiger partial charge on any atom is 0.238 e. The van der Waals surface area contributed by atoms with Crippen molar-refractivity contribution in [2.24, 2.45) is 17.0 Å². The van der Waals surface area contributed by atoms with E-state index in [9.17, 15) is 13.2 Å². The van der Waals surface area contributed by atoms with Crippen molar-refractivity contribution >= 4 is 15.9 Å². The van der Waals surface area contributed by atoms with Gasteiger partial charge in [0.05, 0.1) is 4.90 Å². The normalized spacial score (nSPS) is 17.7. The number of carbonyl (C=O) groups is 1. The second-order valence-electron chi connectivity index (χ2n) is 6.55. The van der Waals surface area contributed by atoms with Gasteiger partial charge in [-0.3, -0.25) is 4.79 Å². The molecule has 1 aliphatic rings. The van der Waals surface area contributed by atoms with E-state index in [2.05, 4.69) is 12.2 Å². The van der Waals surface area contributed by atoms with E-state index in [0.717, 1.165) is 5.56 Å². The number of hydrogen-bond donors (Lipinski definition) is 2. The summed E-state index contributed by atoms with van der Waals surface area (Å²) in [6.07, 6.45) is 6.85. The molecule has 0 bridgehead atoms. The summed E-state index contributed by atoms with van der Waals surface area (Å²) in [4.78, 5) is 12.2. The molecule has 0 radical (unpaired) electrons. The molecule has 128 valence electrons. The van der Waals surface area contributed by atoms with Crippen molar-refractivity contribution in [3.05, 3.63) is 29.8 Å². The number of sulfonamides is 1. The van der Waals surface area contributed by atoms with Crippen molar-refractivity contribution < 1.29 is 13.2 Å². The second kappa shape index (κ2) is 7.93. The van der Waals surface area contributed by atoms with Gasteiger partial charge in [-0.15, -0.1) is 0 Å². The molecule has 3 N–H and O–H groups in total. The van der Waals surface area contributed by atoms with Crippen molar-refractivity contribution in [3.8, 4) is 0 Å². The zero-order valence-corrected chi connectivity index (χ0v) is 14.4. The summed E-state index contributed by atoms with van der Waals surface area (Å²) in [5.41, 5.74) is 0.732. The first-order valence-corrected chi connectivity index (χ1v) is 9.79. The Bertz CT molecular complexity index is 637. The maximum atomic E-state index is 12.1. The lowest BCUT2D eigenvalue weighted by Crippen LogP contribution is -2.27. The molecule has 1 atom stereocenters. The lowest BCUT2D eigenvalue weighted by Gasteiger charge is -2.27. The smallest absolute Gasteiger partial charge is 0.238 e. The summed E-state index contributed by atoms with van der Waals surface area (Å²) in [6, 6.07) is 6.36. The molecule has 1 amide bonds. The van der Waals surface area contributed by atoms with Gasteiger partial charge in [-0.05, 0) is 29.5 Å². The van der Waals surface area contributed by atoms with Crippen LogP contribution >= 0.6 is 0 Å². The summed E-state index contributed by atoms with van der Waals surface area (Å²) in [7, 11) is -3.71. The quantitative estimate of drug-likeness (QED) is 0.835. The molecule has 5 nitrogen and oxygen atoms in total. The SMILES string of the molecule is C[C@@H](CC(=O)NCc1cccc(S(N)(=O)=O)c1)C1CCCCC1. The number of amides is 1. The van der Waals surface area contributed by atoms with Crippen LogP contribution in [-0.2, 0) is 21.4 Å². The summed E-state index contributed by atoms with van der Waals surface area (Å²) in [6.45, 7) is 2.47. The number of benzene rings is 1. The van der Waals surface area contributed by atoms with Gasteiger partial charge in [-0.1, -0.05) is 51.2 Å². The van der Waals surface area contributed by atoms with Crippen molar-refractivity contribution in [3.63, 3.8) is 0 Å². The first kappa shape index (κ1) is 17.9. The Balaban J connectivity index is 1.84. The fraction of sp³-hybridized carbons (Fsp3) is 0.588. The van der Waals surface area contributed by atoms with Crippen LogP contribution in [0.2, 0.25) is 0 Å². The van der Waals surface area contributed by atoms with Gasteiger partial charge in [0, 0.05) is 13.0 Å². The maximum absolute atomic E-state index is 12.1. The van der Waals surface area contributed by atoms with Gasteiger partial charge in [0.25, 0.3) is 0 Å². The van der Waals surface area contributed by atoms with Crippen LogP contribution in [0.15, 0.2) is 29.2 Å². The van der Waals surface area contributed by atoms with Crippen LogP contribution in [0.4, 0.5) is 0 Å². The van der Waals surface area contributed by atoms with E-state index in [4.69, 9.17) is 5.14 Å². The molecule has 0 aliphatic heterocycles. The van der Waals surface area contributed by atoms with Gasteiger partial charge in [-0.2, -0.15) is 0 Å². The number of nitrogens with one attached hydrogen (secondary N) is 1. The molecule has 0 heterocycles. The third-order valence-electron chi connectivity index (χ3n) is 4.68. The highest BCUT2D eigenvalue weighted by molar-refractivity contribution is 7.89. The summed E-state index contributed by atoms with van der Waals surface area (Å²) in [5, 5.41) is 7.99. The lowest BCUT2D eigenvalue weighted by molar-refractivity contribution is -0.122. The summed E-state index contributed by atoms with van der Waals surface area (Å²) in [5.74, 6) is 1.07. The molecule has 2 rings (SSSR count). The zero-order chi connectivity index (χ0) is 16.9. The minimum absolute atomic E-state index is 0.0177. The highest BCUT2D eigenvalue weighted by atomic mass is 32.2. The van der Waals surface area contributed by atoms with Crippen LogP contribution in [0.3, 0.4) is 0 Å². The largest absolute Gasteiger partial charge is 0.352 e. The number of nitrogens with two attached hydrogens (primary N) is 1. The van der Waals surface area contributed by atoms with Gasteiger partial charge in [0.2, 0.25) is 15.9 Å². The standard InChI is InChI=1S/C17H26N2O3S/c1-13(15-7-3-2-4-8-15)10-17(20)19-12-14-6-5-9-16(11-14)23(18,21)22/h5-6,9,11,13,15H,2-4,7-8,10,12H2,1H3,(H,19,20)(H2,18,21,22)/t13-/m0/s1. The van der Waals surface area contributed by atoms with Gasteiger partial charge < -0.3 is 5.32 Å². The van der Waals surface area contributed by atoms with Crippen LogP contribution in [0.1, 0.15) is 51.0 Å². The number of carbonyl (C=O) groups excluding carboxylic acids is 1. The molecule has 0 aromatic heterocycles. The average Bonchev–Trinajstić information content (AvgIpc) is 2.53. The van der Waals surface area contributed by atoms with Crippen LogP contribution in [-0.4, -0.2) is 14.3 Å². The number of rotatable bonds is 6. The monoisotopic (exact) mass is 338 g/mol. The van der Waals surface area contributed by atoms with E-state index < -0.39 is 10.0 Å². The average molecular weight is 338 g/mol. The van der Waals surface area contributed by atoms with E-state index in [0.29, 0.717) is 24.8 Å². The molecule has 1 aliphatic carbocycles. The van der Waals surface area contributed by atoms with Crippen LogP contribution < -0.4 is 10.5 Å². The van der Waals surface area contributed by atoms with Gasteiger partial charge >= 0.3 is 0 Å². The van der Waals surface area contributed by atoms with Gasteiger partial charge in [-0.25, -0.2) is 13.6 Å². The molecular formula is C17H26N2O3S. The molecule has 1 saturated carbocycles. The van der Waals surface area contributed by atoms with Crippen LogP contribution in [0.25, 0.3) is 0 Å². The first-order valence-electron chi connectivity index (χ1n) is 8.24. The third kappa shape index (κ3) is 5.62. The zero-order valence-electron chi connectivity index (χ0n) is 13.6. The molecule has 6 heteroatoms. The minimum atomic E-state index is -3.71. The van der Waals surface area contributed by atoms with Crippen molar-refractivity contribution in [1.29, 1.82) is 0 Å². The highest BCUT2D eigenvalue weighted by Crippen LogP contribution is 2.31. The Morgan fingerprint density at radius 3 is 2.65 bits per heavy atom. The Labute approximate surface area is 138 Å². The fourth-order valence-corrected chi connectivity index (χ4v) is 3.85. The van der Waals surface area contributed by atoms with Crippen molar-refractivity contribution in [2.75, 3.05) is 0 Å². The molecule has 23 heavy (non-hydrogen) atoms. The minimum Gasteiger partial charge on any atom is -0.352 e. The molecule has 1 fully saturated rings. The summed E-state index contributed by atoms with van der Waals surface area (Å²) < 4.78 is 22.7. The van der Waals surface area contributed by atoms with E-state index in [1.807, 2.05) is 0 Å². The van der Waals surface area contributed by atoms with Crippen LogP contribution in [0, 0.1) is 11.8 Å². The number of hydrogen-bond acceptors (Lipinski definition) is 3. The Morgan fingerprint density at radius 2 is 2.00 bits per heavy atom. The first-order chi connectivity index (χ1) is 10.9. The van der Waals surface area contributed by atoms with E-state index in [-0.39, 0.29) is 10.8 Å². The van der Waals surface area contributed by atoms with E-state index in [1.165, 1.54) is 44.2 Å². The highest BCUT2D eigenvalue weighted by Gasteiger charge is 2.22. The van der Waals surface area contributed by atoms with Gasteiger partial charge in [0.1, 0.15) is 0 Å². The fourth-order valence-electron chi connectivity index (χ4n) is 3.27. The van der Waals surface area contributed by atoms with Gasteiger partial charge in [0.15, 0.2) is 0 Å². The van der Waals surface area contributed by atoms with Crippen molar-refractivity contribution in [2.45, 2.75) is 56.9 Å². The molecule has 0 saturated heterocycles. The molecule has 0 spiro atoms. The molecule has 0 unspecified atom stereocenters.